The molecular weight excluding hydrogens is 285 g/mol. The first-order valence-corrected chi connectivity index (χ1v) is 6.66. The van der Waals surface area contributed by atoms with E-state index >= 15 is 0 Å². The fraction of sp³-hybridized carbons (Fsp3) is 0.571. The molecule has 1 N–H and O–H groups in total. The average Bonchev–Trinajstić information content (AvgIpc) is 2.38. The molecule has 2 atom stereocenters. The molecule has 4 nitrogen and oxygen atoms in total. The molecular formula is C14H19F3N2O2. The van der Waals surface area contributed by atoms with E-state index in [1.807, 2.05) is 13.0 Å². The number of hydrogen-bond acceptors (Lipinski definition) is 4. The molecule has 21 heavy (non-hydrogen) atoms. The van der Waals surface area contributed by atoms with Crippen LogP contribution in [0.25, 0.3) is 0 Å². The lowest BCUT2D eigenvalue weighted by Gasteiger charge is -2.57. The van der Waals surface area contributed by atoms with Crippen molar-refractivity contribution in [3.05, 3.63) is 23.8 Å². The predicted molar refractivity (Wildman–Crippen MR) is 73.2 cm³/mol. The van der Waals surface area contributed by atoms with Crippen molar-refractivity contribution in [3.8, 4) is 5.75 Å². The highest BCUT2D eigenvalue weighted by Gasteiger charge is 2.64. The number of nitrogens with zero attached hydrogens (tertiary/aromatic N) is 1. The quantitative estimate of drug-likeness (QED) is 0.927. The van der Waals surface area contributed by atoms with E-state index in [4.69, 9.17) is 9.47 Å². The van der Waals surface area contributed by atoms with Gasteiger partial charge in [0.05, 0.1) is 7.11 Å². The smallest absolute Gasteiger partial charge is 0.410 e. The third kappa shape index (κ3) is 2.55. The highest BCUT2D eigenvalue weighted by Crippen LogP contribution is 2.45. The van der Waals surface area contributed by atoms with E-state index in [-0.39, 0.29) is 6.61 Å². The molecule has 0 amide bonds. The standard InChI is InChI=1S/C14H19F3N2O2/c1-5-21-13(3)12(14(15,16)17)18-19(13)11-9(2)7-6-8-10(11)20-4/h6-8,12,18H,5H2,1-4H3. The summed E-state index contributed by atoms with van der Waals surface area (Å²) in [5.41, 5.74) is 2.27. The van der Waals surface area contributed by atoms with E-state index in [2.05, 4.69) is 5.43 Å². The first kappa shape index (κ1) is 15.9. The molecule has 0 saturated carbocycles. The number of ether oxygens (including phenoxy) is 2. The van der Waals surface area contributed by atoms with Gasteiger partial charge in [0.25, 0.3) is 0 Å². The number of aryl methyl sites for hydroxylation is 1. The Morgan fingerprint density at radius 2 is 2.05 bits per heavy atom. The zero-order valence-corrected chi connectivity index (χ0v) is 12.4. The largest absolute Gasteiger partial charge is 0.495 e. The van der Waals surface area contributed by atoms with Crippen molar-refractivity contribution in [1.82, 2.24) is 5.43 Å². The molecule has 1 saturated heterocycles. The van der Waals surface area contributed by atoms with Crippen LogP contribution in [0, 0.1) is 6.92 Å². The Hall–Kier alpha value is -1.47. The Bertz CT molecular complexity index is 521. The molecule has 1 aliphatic rings. The minimum absolute atomic E-state index is 0.176. The van der Waals surface area contributed by atoms with Gasteiger partial charge >= 0.3 is 6.18 Å². The van der Waals surface area contributed by atoms with E-state index in [1.54, 1.807) is 19.1 Å². The van der Waals surface area contributed by atoms with Crippen LogP contribution in [0.4, 0.5) is 18.9 Å². The average molecular weight is 304 g/mol. The Kier molecular flexibility index (Phi) is 4.08. The van der Waals surface area contributed by atoms with Crippen LogP contribution < -0.4 is 15.2 Å². The van der Waals surface area contributed by atoms with Crippen LogP contribution in [0.1, 0.15) is 19.4 Å². The summed E-state index contributed by atoms with van der Waals surface area (Å²) < 4.78 is 49.9. The van der Waals surface area contributed by atoms with Gasteiger partial charge in [0.1, 0.15) is 11.4 Å². The molecule has 0 aromatic heterocycles. The Balaban J connectivity index is 2.42. The lowest BCUT2D eigenvalue weighted by atomic mass is 9.97. The number of para-hydroxylation sites is 1. The van der Waals surface area contributed by atoms with Gasteiger partial charge in [-0.3, -0.25) is 5.01 Å². The van der Waals surface area contributed by atoms with Crippen LogP contribution in [0.15, 0.2) is 18.2 Å². The number of rotatable bonds is 4. The fourth-order valence-corrected chi connectivity index (χ4v) is 2.63. The molecule has 0 radical (unpaired) electrons. The number of hydrazine groups is 1. The SMILES string of the molecule is CCOC1(C)C(C(F)(F)F)NN1c1c(C)cccc1OC. The van der Waals surface area contributed by atoms with Crippen molar-refractivity contribution in [3.63, 3.8) is 0 Å². The van der Waals surface area contributed by atoms with Gasteiger partial charge in [0.15, 0.2) is 11.8 Å². The molecule has 118 valence electrons. The van der Waals surface area contributed by atoms with E-state index in [0.717, 1.165) is 5.56 Å². The van der Waals surface area contributed by atoms with Crippen molar-refractivity contribution >= 4 is 5.69 Å². The lowest BCUT2D eigenvalue weighted by molar-refractivity contribution is -0.247. The normalized spacial score (nSPS) is 25.7. The molecule has 7 heteroatoms. The first-order chi connectivity index (χ1) is 9.75. The van der Waals surface area contributed by atoms with Crippen LogP contribution in [0.2, 0.25) is 0 Å². The second-order valence-corrected chi connectivity index (χ2v) is 5.05. The second-order valence-electron chi connectivity index (χ2n) is 5.05. The summed E-state index contributed by atoms with van der Waals surface area (Å²) in [6.45, 7) is 5.09. The Labute approximate surface area is 121 Å². The second kappa shape index (κ2) is 5.38. The third-order valence-electron chi connectivity index (χ3n) is 3.65. The van der Waals surface area contributed by atoms with Gasteiger partial charge in [0.2, 0.25) is 0 Å². The van der Waals surface area contributed by atoms with Gasteiger partial charge in [-0.2, -0.15) is 13.2 Å². The monoisotopic (exact) mass is 304 g/mol. The zero-order chi connectivity index (χ0) is 15.8. The summed E-state index contributed by atoms with van der Waals surface area (Å²) in [6.07, 6.45) is -4.39. The van der Waals surface area contributed by atoms with Crippen molar-refractivity contribution in [2.24, 2.45) is 0 Å². The van der Waals surface area contributed by atoms with Crippen molar-refractivity contribution in [2.45, 2.75) is 38.7 Å². The molecule has 2 unspecified atom stereocenters. The number of halogens is 3. The fourth-order valence-electron chi connectivity index (χ4n) is 2.63. The van der Waals surface area contributed by atoms with Gasteiger partial charge in [-0.1, -0.05) is 12.1 Å². The summed E-state index contributed by atoms with van der Waals surface area (Å²) in [5, 5.41) is 1.39. The van der Waals surface area contributed by atoms with Gasteiger partial charge in [-0.05, 0) is 32.4 Å². The number of hydrogen-bond donors (Lipinski definition) is 1. The summed E-state index contributed by atoms with van der Waals surface area (Å²) in [4.78, 5) is 0. The minimum atomic E-state index is -4.39. The summed E-state index contributed by atoms with van der Waals surface area (Å²) in [6, 6.07) is 3.55. The molecule has 2 rings (SSSR count). The van der Waals surface area contributed by atoms with Crippen LogP contribution >= 0.6 is 0 Å². The molecule has 1 heterocycles. The molecule has 1 aromatic carbocycles. The number of alkyl halides is 3. The number of nitrogens with one attached hydrogen (secondary N) is 1. The van der Waals surface area contributed by atoms with Gasteiger partial charge in [-0.15, -0.1) is 0 Å². The van der Waals surface area contributed by atoms with Gasteiger partial charge < -0.3 is 9.47 Å². The Morgan fingerprint density at radius 1 is 1.38 bits per heavy atom. The molecule has 0 spiro atoms. The van der Waals surface area contributed by atoms with Crippen LogP contribution in [-0.2, 0) is 4.74 Å². The Morgan fingerprint density at radius 3 is 2.57 bits per heavy atom. The zero-order valence-electron chi connectivity index (χ0n) is 12.4. The highest BCUT2D eigenvalue weighted by atomic mass is 19.4. The number of methoxy groups -OCH3 is 1. The van der Waals surface area contributed by atoms with Gasteiger partial charge in [-0.25, -0.2) is 5.43 Å². The topological polar surface area (TPSA) is 33.7 Å². The summed E-state index contributed by atoms with van der Waals surface area (Å²) >= 11 is 0. The van der Waals surface area contributed by atoms with Crippen molar-refractivity contribution < 1.29 is 22.6 Å². The highest BCUT2D eigenvalue weighted by molar-refractivity contribution is 5.66. The summed E-state index contributed by atoms with van der Waals surface area (Å²) in [5.74, 6) is 0.494. The van der Waals surface area contributed by atoms with E-state index < -0.39 is 17.9 Å². The molecule has 1 aliphatic heterocycles. The maximum absolute atomic E-state index is 13.1. The lowest BCUT2D eigenvalue weighted by Crippen LogP contribution is -2.82. The number of anilines is 1. The van der Waals surface area contributed by atoms with Crippen molar-refractivity contribution in [2.75, 3.05) is 18.7 Å². The van der Waals surface area contributed by atoms with Crippen LogP contribution in [-0.4, -0.2) is 31.7 Å². The first-order valence-electron chi connectivity index (χ1n) is 6.66. The maximum atomic E-state index is 13.1. The molecule has 0 bridgehead atoms. The predicted octanol–water partition coefficient (Wildman–Crippen LogP) is 3.01. The van der Waals surface area contributed by atoms with E-state index in [9.17, 15) is 13.2 Å². The van der Waals surface area contributed by atoms with E-state index in [1.165, 1.54) is 19.0 Å². The maximum Gasteiger partial charge on any atom is 0.410 e. The number of benzene rings is 1. The van der Waals surface area contributed by atoms with Crippen LogP contribution in [0.5, 0.6) is 5.75 Å². The van der Waals surface area contributed by atoms with Crippen molar-refractivity contribution in [1.29, 1.82) is 0 Å². The summed E-state index contributed by atoms with van der Waals surface area (Å²) in [7, 11) is 1.48. The minimum Gasteiger partial charge on any atom is -0.495 e. The molecule has 1 fully saturated rings. The molecule has 0 aliphatic carbocycles. The van der Waals surface area contributed by atoms with Crippen LogP contribution in [0.3, 0.4) is 0 Å². The van der Waals surface area contributed by atoms with Gasteiger partial charge in [0, 0.05) is 6.61 Å². The molecule has 1 aromatic rings. The van der Waals surface area contributed by atoms with E-state index in [0.29, 0.717) is 11.4 Å². The third-order valence-corrected chi connectivity index (χ3v) is 3.65.